The average Bonchev–Trinajstić information content (AvgIpc) is 2.76. The molecule has 0 fully saturated rings. The van der Waals surface area contributed by atoms with E-state index in [1.165, 1.54) is 24.3 Å². The number of nitrogens with one attached hydrogen (secondary N) is 3. The second-order valence-corrected chi connectivity index (χ2v) is 9.33. The summed E-state index contributed by atoms with van der Waals surface area (Å²) < 4.78 is 40.1. The van der Waals surface area contributed by atoms with Crippen LogP contribution in [-0.2, 0) is 26.0 Å². The van der Waals surface area contributed by atoms with Crippen LogP contribution in [0.25, 0.3) is 0 Å². The molecular weight excluding hydrogens is 469 g/mol. The van der Waals surface area contributed by atoms with Crippen molar-refractivity contribution in [3.05, 3.63) is 88.7 Å². The van der Waals surface area contributed by atoms with Crippen LogP contribution in [0, 0.1) is 12.7 Å². The number of amides is 2. The predicted octanol–water partition coefficient (Wildman–Crippen LogP) is 3.89. The smallest absolute Gasteiger partial charge is 0.261 e. The third-order valence-electron chi connectivity index (χ3n) is 4.54. The van der Waals surface area contributed by atoms with Crippen LogP contribution in [0.2, 0.25) is 5.02 Å². The van der Waals surface area contributed by atoms with Gasteiger partial charge in [-0.3, -0.25) is 14.3 Å². The third-order valence-corrected chi connectivity index (χ3v) is 6.25. The van der Waals surface area contributed by atoms with E-state index >= 15 is 0 Å². The molecule has 0 aliphatic carbocycles. The molecule has 0 unspecified atom stereocenters. The molecule has 3 aromatic rings. The van der Waals surface area contributed by atoms with Crippen molar-refractivity contribution >= 4 is 44.8 Å². The first-order chi connectivity index (χ1) is 15.6. The highest BCUT2D eigenvalue weighted by Gasteiger charge is 2.14. The van der Waals surface area contributed by atoms with Crippen molar-refractivity contribution in [3.8, 4) is 0 Å². The lowest BCUT2D eigenvalue weighted by Crippen LogP contribution is -2.33. The molecule has 3 N–H and O–H groups in total. The summed E-state index contributed by atoms with van der Waals surface area (Å²) >= 11 is 6.08. The zero-order valence-corrected chi connectivity index (χ0v) is 19.1. The first kappa shape index (κ1) is 24.2. The van der Waals surface area contributed by atoms with Gasteiger partial charge in [-0.25, -0.2) is 12.8 Å². The van der Waals surface area contributed by atoms with E-state index in [-0.39, 0.29) is 29.5 Å². The highest BCUT2D eigenvalue weighted by atomic mass is 35.5. The second kappa shape index (κ2) is 10.5. The molecule has 0 heterocycles. The average molecular weight is 490 g/mol. The number of hydrogen-bond donors (Lipinski definition) is 3. The van der Waals surface area contributed by atoms with E-state index in [9.17, 15) is 22.4 Å². The first-order valence-corrected chi connectivity index (χ1v) is 11.7. The Morgan fingerprint density at radius 3 is 2.24 bits per heavy atom. The van der Waals surface area contributed by atoms with Crippen LogP contribution in [0.5, 0.6) is 0 Å². The number of carbonyl (C=O) groups excluding carboxylic acids is 2. The molecule has 3 rings (SSSR count). The fourth-order valence-electron chi connectivity index (χ4n) is 2.86. The predicted molar refractivity (Wildman–Crippen MR) is 125 cm³/mol. The summed E-state index contributed by atoms with van der Waals surface area (Å²) in [6.07, 6.45) is 0.00353. The Hall–Kier alpha value is -3.43. The van der Waals surface area contributed by atoms with Gasteiger partial charge in [0.05, 0.1) is 28.6 Å². The summed E-state index contributed by atoms with van der Waals surface area (Å²) in [5.41, 5.74) is 2.33. The molecule has 0 aliphatic heterocycles. The number of rotatable bonds is 8. The van der Waals surface area contributed by atoms with Crippen LogP contribution in [0.1, 0.15) is 11.1 Å². The van der Waals surface area contributed by atoms with E-state index in [0.29, 0.717) is 16.3 Å². The summed E-state index contributed by atoms with van der Waals surface area (Å²) in [6, 6.07) is 15.9. The lowest BCUT2D eigenvalue weighted by molar-refractivity contribution is -0.123. The van der Waals surface area contributed by atoms with E-state index in [0.717, 1.165) is 17.7 Å². The van der Waals surface area contributed by atoms with E-state index in [4.69, 9.17) is 11.6 Å². The molecular formula is C23H21ClFN3O4S. The molecule has 3 aromatic carbocycles. The highest BCUT2D eigenvalue weighted by molar-refractivity contribution is 7.92. The molecule has 0 aromatic heterocycles. The van der Waals surface area contributed by atoms with Gasteiger partial charge in [0.2, 0.25) is 11.8 Å². The van der Waals surface area contributed by atoms with Crippen molar-refractivity contribution in [2.24, 2.45) is 0 Å². The standard InChI is InChI=1S/C23H21ClFN3O4S/c1-15-2-11-21(20(24)12-15)27-23(30)14-26-22(29)13-16-3-7-18(8-4-16)28-33(31,32)19-9-5-17(25)6-10-19/h2-12,28H,13-14H2,1H3,(H,26,29)(H,27,30). The number of benzene rings is 3. The molecule has 7 nitrogen and oxygen atoms in total. The Morgan fingerprint density at radius 2 is 1.61 bits per heavy atom. The van der Waals surface area contributed by atoms with E-state index < -0.39 is 21.7 Å². The third kappa shape index (κ3) is 7.03. The maximum absolute atomic E-state index is 13.0. The second-order valence-electron chi connectivity index (χ2n) is 7.24. The Bertz CT molecular complexity index is 1260. The van der Waals surface area contributed by atoms with Gasteiger partial charge in [0.1, 0.15) is 5.82 Å². The molecule has 0 aliphatic rings. The van der Waals surface area contributed by atoms with E-state index in [2.05, 4.69) is 15.4 Å². The number of carbonyl (C=O) groups is 2. The summed E-state index contributed by atoms with van der Waals surface area (Å²) in [6.45, 7) is 1.66. The van der Waals surface area contributed by atoms with Crippen LogP contribution >= 0.6 is 11.6 Å². The monoisotopic (exact) mass is 489 g/mol. The molecule has 2 amide bonds. The van der Waals surface area contributed by atoms with Gasteiger partial charge >= 0.3 is 0 Å². The SMILES string of the molecule is Cc1ccc(NC(=O)CNC(=O)Cc2ccc(NS(=O)(=O)c3ccc(F)cc3)cc2)c(Cl)c1. The van der Waals surface area contributed by atoms with Crippen LogP contribution in [0.4, 0.5) is 15.8 Å². The molecule has 33 heavy (non-hydrogen) atoms. The zero-order chi connectivity index (χ0) is 24.0. The first-order valence-electron chi connectivity index (χ1n) is 9.82. The summed E-state index contributed by atoms with van der Waals surface area (Å²) in [5.74, 6) is -1.33. The molecule has 172 valence electrons. The van der Waals surface area contributed by atoms with Crippen molar-refractivity contribution in [1.82, 2.24) is 5.32 Å². The lowest BCUT2D eigenvalue weighted by Gasteiger charge is -2.10. The maximum atomic E-state index is 13.0. The minimum absolute atomic E-state index is 0.00353. The number of hydrogen-bond acceptors (Lipinski definition) is 4. The van der Waals surface area contributed by atoms with Gasteiger partial charge in [-0.2, -0.15) is 0 Å². The Balaban J connectivity index is 1.50. The van der Waals surface area contributed by atoms with Gasteiger partial charge in [-0.1, -0.05) is 29.8 Å². The van der Waals surface area contributed by atoms with Gasteiger partial charge in [0, 0.05) is 5.69 Å². The zero-order valence-electron chi connectivity index (χ0n) is 17.6. The summed E-state index contributed by atoms with van der Waals surface area (Å²) in [4.78, 5) is 24.1. The fraction of sp³-hybridized carbons (Fsp3) is 0.130. The minimum Gasteiger partial charge on any atom is -0.347 e. The van der Waals surface area contributed by atoms with Crippen molar-refractivity contribution in [2.45, 2.75) is 18.2 Å². The molecule has 0 bridgehead atoms. The number of sulfonamides is 1. The van der Waals surface area contributed by atoms with Crippen molar-refractivity contribution in [2.75, 3.05) is 16.6 Å². The van der Waals surface area contributed by atoms with Crippen molar-refractivity contribution in [3.63, 3.8) is 0 Å². The van der Waals surface area contributed by atoms with Gasteiger partial charge in [0.25, 0.3) is 10.0 Å². The van der Waals surface area contributed by atoms with Gasteiger partial charge in [0.15, 0.2) is 0 Å². The highest BCUT2D eigenvalue weighted by Crippen LogP contribution is 2.22. The maximum Gasteiger partial charge on any atom is 0.261 e. The van der Waals surface area contributed by atoms with Crippen LogP contribution in [-0.4, -0.2) is 26.8 Å². The minimum atomic E-state index is -3.87. The van der Waals surface area contributed by atoms with Crippen LogP contribution in [0.15, 0.2) is 71.6 Å². The molecule has 0 saturated heterocycles. The van der Waals surface area contributed by atoms with Crippen molar-refractivity contribution in [1.29, 1.82) is 0 Å². The van der Waals surface area contributed by atoms with Gasteiger partial charge in [-0.15, -0.1) is 0 Å². The lowest BCUT2D eigenvalue weighted by atomic mass is 10.1. The fourth-order valence-corrected chi connectivity index (χ4v) is 4.20. The summed E-state index contributed by atoms with van der Waals surface area (Å²) in [5, 5.41) is 5.56. The number of anilines is 2. The Labute approximate surface area is 196 Å². The Morgan fingerprint density at radius 1 is 0.939 bits per heavy atom. The quantitative estimate of drug-likeness (QED) is 0.446. The molecule has 0 saturated carbocycles. The van der Waals surface area contributed by atoms with Crippen LogP contribution in [0.3, 0.4) is 0 Å². The normalized spacial score (nSPS) is 11.0. The van der Waals surface area contributed by atoms with E-state index in [1.807, 2.05) is 13.0 Å². The molecule has 10 heteroatoms. The van der Waals surface area contributed by atoms with Gasteiger partial charge in [-0.05, 0) is 66.6 Å². The Kier molecular flexibility index (Phi) is 7.67. The summed E-state index contributed by atoms with van der Waals surface area (Å²) in [7, 11) is -3.87. The molecule has 0 atom stereocenters. The molecule has 0 radical (unpaired) electrons. The van der Waals surface area contributed by atoms with Crippen molar-refractivity contribution < 1.29 is 22.4 Å². The number of halogens is 2. The van der Waals surface area contributed by atoms with Crippen LogP contribution < -0.4 is 15.4 Å². The largest absolute Gasteiger partial charge is 0.347 e. The topological polar surface area (TPSA) is 104 Å². The van der Waals surface area contributed by atoms with E-state index in [1.54, 1.807) is 24.3 Å². The number of aryl methyl sites for hydroxylation is 1. The van der Waals surface area contributed by atoms with Gasteiger partial charge < -0.3 is 10.6 Å². The molecule has 0 spiro atoms.